The van der Waals surface area contributed by atoms with Crippen molar-refractivity contribution in [3.05, 3.63) is 24.0 Å². The first-order chi connectivity index (χ1) is 9.49. The number of amides is 1. The summed E-state index contributed by atoms with van der Waals surface area (Å²) < 4.78 is 0. The van der Waals surface area contributed by atoms with Crippen molar-refractivity contribution in [1.82, 2.24) is 9.88 Å². The van der Waals surface area contributed by atoms with E-state index in [1.165, 1.54) is 0 Å². The van der Waals surface area contributed by atoms with Crippen molar-refractivity contribution < 1.29 is 4.79 Å². The number of carbonyl (C=O) groups excluding carboxylic acids is 1. The molecule has 0 saturated heterocycles. The lowest BCUT2D eigenvalue weighted by molar-refractivity contribution is 0.0767. The topological polar surface area (TPSA) is 71.2 Å². The molecule has 1 unspecified atom stereocenters. The highest BCUT2D eigenvalue weighted by Crippen LogP contribution is 2.18. The molecule has 20 heavy (non-hydrogen) atoms. The van der Waals surface area contributed by atoms with Gasteiger partial charge >= 0.3 is 0 Å². The fourth-order valence-corrected chi connectivity index (χ4v) is 1.93. The van der Waals surface area contributed by atoms with Crippen molar-refractivity contribution >= 4 is 11.6 Å². The highest BCUT2D eigenvalue weighted by Gasteiger charge is 2.20. The van der Waals surface area contributed by atoms with E-state index in [4.69, 9.17) is 5.73 Å². The predicted octanol–water partition coefficient (Wildman–Crippen LogP) is 2.10. The van der Waals surface area contributed by atoms with Crippen LogP contribution >= 0.6 is 0 Å². The van der Waals surface area contributed by atoms with Crippen molar-refractivity contribution in [2.24, 2.45) is 5.73 Å². The maximum Gasteiger partial charge on any atom is 0.272 e. The summed E-state index contributed by atoms with van der Waals surface area (Å²) in [6.07, 6.45) is 2.57. The fraction of sp³-hybridized carbons (Fsp3) is 0.600. The molecule has 1 heterocycles. The van der Waals surface area contributed by atoms with E-state index in [1.54, 1.807) is 17.2 Å². The van der Waals surface area contributed by atoms with Crippen LogP contribution < -0.4 is 11.1 Å². The molecule has 0 bridgehead atoms. The molecule has 0 saturated carbocycles. The lowest BCUT2D eigenvalue weighted by Crippen LogP contribution is -2.41. The number of hydrogen-bond acceptors (Lipinski definition) is 4. The molecule has 1 amide bonds. The summed E-state index contributed by atoms with van der Waals surface area (Å²) in [6, 6.07) is 3.66. The fourth-order valence-electron chi connectivity index (χ4n) is 1.93. The summed E-state index contributed by atoms with van der Waals surface area (Å²) in [6.45, 7) is 9.99. The first kappa shape index (κ1) is 16.4. The quantitative estimate of drug-likeness (QED) is 0.801. The molecule has 0 aromatic carbocycles. The minimum Gasteiger partial charge on any atom is -0.379 e. The van der Waals surface area contributed by atoms with Crippen molar-refractivity contribution in [2.45, 2.75) is 39.7 Å². The molecule has 0 aliphatic rings. The first-order valence-electron chi connectivity index (χ1n) is 7.23. The van der Waals surface area contributed by atoms with Gasteiger partial charge in [-0.15, -0.1) is 0 Å². The van der Waals surface area contributed by atoms with Gasteiger partial charge in [-0.2, -0.15) is 0 Å². The monoisotopic (exact) mass is 278 g/mol. The normalized spacial score (nSPS) is 13.7. The van der Waals surface area contributed by atoms with Gasteiger partial charge in [-0.05, 0) is 39.3 Å². The highest BCUT2D eigenvalue weighted by atomic mass is 16.2. The van der Waals surface area contributed by atoms with Crippen molar-refractivity contribution in [2.75, 3.05) is 25.0 Å². The minimum absolute atomic E-state index is 0.0374. The van der Waals surface area contributed by atoms with Crippen LogP contribution in [0.1, 0.15) is 44.6 Å². The Morgan fingerprint density at radius 3 is 2.55 bits per heavy atom. The second-order valence-electron chi connectivity index (χ2n) is 5.15. The smallest absolute Gasteiger partial charge is 0.272 e. The molecular formula is C15H26N4O. The molecule has 0 fully saturated rings. The molecule has 1 atom stereocenters. The lowest BCUT2D eigenvalue weighted by atomic mass is 9.99. The van der Waals surface area contributed by atoms with Gasteiger partial charge in [-0.3, -0.25) is 9.78 Å². The number of hydrogen-bond donors (Lipinski definition) is 2. The second kappa shape index (κ2) is 7.24. The van der Waals surface area contributed by atoms with E-state index < -0.39 is 0 Å². The van der Waals surface area contributed by atoms with Crippen LogP contribution in [0, 0.1) is 0 Å². The van der Waals surface area contributed by atoms with E-state index >= 15 is 0 Å². The Hall–Kier alpha value is -1.62. The maximum absolute atomic E-state index is 12.3. The summed E-state index contributed by atoms with van der Waals surface area (Å²) in [4.78, 5) is 18.2. The number of nitrogens with one attached hydrogen (secondary N) is 1. The summed E-state index contributed by atoms with van der Waals surface area (Å²) in [5.41, 5.74) is 6.98. The van der Waals surface area contributed by atoms with Gasteiger partial charge in [0.25, 0.3) is 5.91 Å². The van der Waals surface area contributed by atoms with E-state index in [1.807, 2.05) is 19.9 Å². The van der Waals surface area contributed by atoms with E-state index in [2.05, 4.69) is 24.1 Å². The number of pyridine rings is 1. The SMILES string of the molecule is CCN(CC)C(=O)c1cc(NC(C)(CC)CN)ccn1. The average Bonchev–Trinajstić information content (AvgIpc) is 2.48. The van der Waals surface area contributed by atoms with Crippen LogP contribution in [0.2, 0.25) is 0 Å². The third-order valence-electron chi connectivity index (χ3n) is 3.71. The van der Waals surface area contributed by atoms with Gasteiger partial charge in [0.2, 0.25) is 0 Å². The number of rotatable bonds is 7. The van der Waals surface area contributed by atoms with E-state index in [9.17, 15) is 4.79 Å². The molecule has 5 heteroatoms. The van der Waals surface area contributed by atoms with Gasteiger partial charge in [0, 0.05) is 37.1 Å². The molecule has 0 aliphatic heterocycles. The van der Waals surface area contributed by atoms with Crippen LogP contribution in [0.25, 0.3) is 0 Å². The largest absolute Gasteiger partial charge is 0.379 e. The number of nitrogens with zero attached hydrogens (tertiary/aromatic N) is 2. The molecule has 3 N–H and O–H groups in total. The Balaban J connectivity index is 2.93. The first-order valence-corrected chi connectivity index (χ1v) is 7.23. The Kier molecular flexibility index (Phi) is 5.95. The van der Waals surface area contributed by atoms with E-state index in [-0.39, 0.29) is 11.4 Å². The molecule has 1 aromatic heterocycles. The van der Waals surface area contributed by atoms with Crippen LogP contribution in [0.5, 0.6) is 0 Å². The Morgan fingerprint density at radius 2 is 2.05 bits per heavy atom. The predicted molar refractivity (Wildman–Crippen MR) is 82.9 cm³/mol. The van der Waals surface area contributed by atoms with Gasteiger partial charge < -0.3 is 16.0 Å². The van der Waals surface area contributed by atoms with Crippen LogP contribution in [-0.2, 0) is 0 Å². The van der Waals surface area contributed by atoms with Crippen LogP contribution in [0.15, 0.2) is 18.3 Å². The van der Waals surface area contributed by atoms with Crippen LogP contribution in [-0.4, -0.2) is 41.0 Å². The molecule has 1 rings (SSSR count). The van der Waals surface area contributed by atoms with E-state index in [0.717, 1.165) is 12.1 Å². The van der Waals surface area contributed by atoms with Crippen molar-refractivity contribution in [3.8, 4) is 0 Å². The second-order valence-corrected chi connectivity index (χ2v) is 5.15. The third kappa shape index (κ3) is 3.93. The Morgan fingerprint density at radius 1 is 1.40 bits per heavy atom. The molecule has 112 valence electrons. The minimum atomic E-state index is -0.170. The van der Waals surface area contributed by atoms with Crippen molar-refractivity contribution in [1.29, 1.82) is 0 Å². The highest BCUT2D eigenvalue weighted by molar-refractivity contribution is 5.93. The number of aromatic nitrogens is 1. The summed E-state index contributed by atoms with van der Waals surface area (Å²) in [5.74, 6) is -0.0374. The molecular weight excluding hydrogens is 252 g/mol. The van der Waals surface area contributed by atoms with Gasteiger partial charge in [-0.1, -0.05) is 6.92 Å². The Bertz CT molecular complexity index is 439. The van der Waals surface area contributed by atoms with Crippen LogP contribution in [0.4, 0.5) is 5.69 Å². The Labute approximate surface area is 121 Å². The zero-order chi connectivity index (χ0) is 15.2. The average molecular weight is 278 g/mol. The number of nitrogens with two attached hydrogens (primary N) is 1. The van der Waals surface area contributed by atoms with Gasteiger partial charge in [0.1, 0.15) is 5.69 Å². The molecule has 0 spiro atoms. The maximum atomic E-state index is 12.3. The summed E-state index contributed by atoms with van der Waals surface area (Å²) >= 11 is 0. The molecule has 1 aromatic rings. The zero-order valence-electron chi connectivity index (χ0n) is 12.9. The third-order valence-corrected chi connectivity index (χ3v) is 3.71. The zero-order valence-corrected chi connectivity index (χ0v) is 12.9. The van der Waals surface area contributed by atoms with E-state index in [0.29, 0.717) is 25.3 Å². The van der Waals surface area contributed by atoms with Gasteiger partial charge in [-0.25, -0.2) is 0 Å². The summed E-state index contributed by atoms with van der Waals surface area (Å²) in [7, 11) is 0. The molecule has 0 radical (unpaired) electrons. The lowest BCUT2D eigenvalue weighted by Gasteiger charge is -2.29. The number of anilines is 1. The standard InChI is InChI=1S/C15H26N4O/c1-5-15(4,11-16)18-12-8-9-17-13(10-12)14(20)19(6-2)7-3/h8-10H,5-7,11,16H2,1-4H3,(H,17,18). The van der Waals surface area contributed by atoms with Gasteiger partial charge in [0.05, 0.1) is 0 Å². The molecule has 0 aliphatic carbocycles. The molecule has 5 nitrogen and oxygen atoms in total. The van der Waals surface area contributed by atoms with Crippen LogP contribution in [0.3, 0.4) is 0 Å². The number of carbonyl (C=O) groups is 1. The summed E-state index contributed by atoms with van der Waals surface area (Å²) in [5, 5.41) is 3.39. The van der Waals surface area contributed by atoms with Gasteiger partial charge in [0.15, 0.2) is 0 Å². The van der Waals surface area contributed by atoms with Crippen molar-refractivity contribution in [3.63, 3.8) is 0 Å².